The summed E-state index contributed by atoms with van der Waals surface area (Å²) >= 11 is 6.15. The molecule has 2 heterocycles. The van der Waals surface area contributed by atoms with Gasteiger partial charge in [-0.05, 0) is 66.9 Å². The van der Waals surface area contributed by atoms with Crippen molar-refractivity contribution in [2.75, 3.05) is 12.0 Å². The number of carbonyl (C=O) groups excluding carboxylic acids is 2. The molecule has 4 aromatic rings. The minimum Gasteiger partial charge on any atom is -0.503 e. The number of nitrogens with zero attached hydrogens (tertiary/aromatic N) is 1. The number of aryl methyl sites for hydroxylation is 2. The van der Waals surface area contributed by atoms with Crippen molar-refractivity contribution >= 4 is 39.9 Å². The number of aliphatic hydroxyl groups is 1. The molecule has 1 unspecified atom stereocenters. The fourth-order valence-corrected chi connectivity index (χ4v) is 4.64. The molecule has 8 heteroatoms. The first kappa shape index (κ1) is 23.6. The van der Waals surface area contributed by atoms with Crippen LogP contribution in [-0.2, 0) is 4.79 Å². The third kappa shape index (κ3) is 3.82. The number of aliphatic hydroxyl groups excluding tert-OH is 1. The summed E-state index contributed by atoms with van der Waals surface area (Å²) in [6.45, 7) is 3.84. The Morgan fingerprint density at radius 1 is 1.06 bits per heavy atom. The minimum absolute atomic E-state index is 0.103. The SMILES string of the molecule is COc1cc(Cl)cc2cc(C(=O)C3=C(O)C(=O)N(c4ccc(C)c(C)c4)C3c3ccc(F)cc3)oc12. The minimum atomic E-state index is -1.01. The van der Waals surface area contributed by atoms with Gasteiger partial charge in [0.1, 0.15) is 5.82 Å². The number of ether oxygens (including phenoxy) is 1. The van der Waals surface area contributed by atoms with E-state index in [2.05, 4.69) is 0 Å². The van der Waals surface area contributed by atoms with E-state index < -0.39 is 29.3 Å². The number of carbonyl (C=O) groups is 2. The molecule has 3 aromatic carbocycles. The first-order chi connectivity index (χ1) is 17.2. The van der Waals surface area contributed by atoms with Gasteiger partial charge in [0.15, 0.2) is 22.9 Å². The highest BCUT2D eigenvalue weighted by molar-refractivity contribution is 6.31. The Morgan fingerprint density at radius 3 is 2.44 bits per heavy atom. The van der Waals surface area contributed by atoms with Gasteiger partial charge in [-0.1, -0.05) is 29.8 Å². The second kappa shape index (κ2) is 8.84. The molecule has 0 bridgehead atoms. The lowest BCUT2D eigenvalue weighted by atomic mass is 9.94. The van der Waals surface area contributed by atoms with Gasteiger partial charge >= 0.3 is 0 Å². The highest BCUT2D eigenvalue weighted by Crippen LogP contribution is 2.43. The number of methoxy groups -OCH3 is 1. The van der Waals surface area contributed by atoms with Crippen LogP contribution >= 0.6 is 11.6 Å². The molecule has 0 saturated carbocycles. The number of hydrogen-bond acceptors (Lipinski definition) is 5. The average Bonchev–Trinajstić information content (AvgIpc) is 3.39. The molecule has 182 valence electrons. The second-order valence-corrected chi connectivity index (χ2v) is 9.06. The molecular weight excluding hydrogens is 485 g/mol. The van der Waals surface area contributed by atoms with Gasteiger partial charge in [0.05, 0.1) is 18.7 Å². The highest BCUT2D eigenvalue weighted by Gasteiger charge is 2.45. The molecule has 1 aromatic heterocycles. The molecule has 0 fully saturated rings. The molecule has 6 nitrogen and oxygen atoms in total. The lowest BCUT2D eigenvalue weighted by Crippen LogP contribution is -2.31. The molecule has 0 aliphatic carbocycles. The van der Waals surface area contributed by atoms with Crippen LogP contribution in [0.3, 0.4) is 0 Å². The molecule has 1 N–H and O–H groups in total. The maximum Gasteiger partial charge on any atom is 0.294 e. The number of amides is 1. The third-order valence-electron chi connectivity index (χ3n) is 6.40. The normalized spacial score (nSPS) is 15.8. The van der Waals surface area contributed by atoms with Crippen molar-refractivity contribution in [1.29, 1.82) is 0 Å². The van der Waals surface area contributed by atoms with Crippen LogP contribution < -0.4 is 9.64 Å². The first-order valence-corrected chi connectivity index (χ1v) is 11.5. The van der Waals surface area contributed by atoms with E-state index in [0.717, 1.165) is 11.1 Å². The van der Waals surface area contributed by atoms with Gasteiger partial charge in [0.25, 0.3) is 5.91 Å². The number of hydrogen-bond donors (Lipinski definition) is 1. The van der Waals surface area contributed by atoms with E-state index in [4.69, 9.17) is 20.8 Å². The van der Waals surface area contributed by atoms with Crippen molar-refractivity contribution in [3.05, 3.63) is 105 Å². The first-order valence-electron chi connectivity index (χ1n) is 11.1. The maximum absolute atomic E-state index is 13.8. The standard InChI is InChI=1S/C28H21ClFNO5/c1-14-4-9-20(10-15(14)2)31-24(16-5-7-19(30)8-6-16)23(26(33)28(31)34)25(32)21-12-17-11-18(29)13-22(35-3)27(17)36-21/h4-13,24,33H,1-3H3. The molecule has 0 spiro atoms. The largest absolute Gasteiger partial charge is 0.503 e. The Hall–Kier alpha value is -4.10. The van der Waals surface area contributed by atoms with Crippen molar-refractivity contribution in [2.24, 2.45) is 0 Å². The smallest absolute Gasteiger partial charge is 0.294 e. The number of anilines is 1. The quantitative estimate of drug-likeness (QED) is 0.308. The fourth-order valence-electron chi connectivity index (χ4n) is 4.42. The van der Waals surface area contributed by atoms with Crippen molar-refractivity contribution < 1.29 is 28.2 Å². The van der Waals surface area contributed by atoms with Crippen LogP contribution in [0.4, 0.5) is 10.1 Å². The molecular formula is C28H21ClFNO5. The molecule has 1 aliphatic heterocycles. The molecule has 0 radical (unpaired) electrons. The Kier molecular flexibility index (Phi) is 5.80. The summed E-state index contributed by atoms with van der Waals surface area (Å²) in [5, 5.41) is 11.9. The Labute approximate surface area is 211 Å². The van der Waals surface area contributed by atoms with Gasteiger partial charge < -0.3 is 14.3 Å². The second-order valence-electron chi connectivity index (χ2n) is 8.63. The lowest BCUT2D eigenvalue weighted by Gasteiger charge is -2.27. The number of Topliss-reactive ketones (excluding diaryl/α,β-unsaturated/α-hetero) is 1. The number of benzene rings is 3. The van der Waals surface area contributed by atoms with E-state index in [1.165, 1.54) is 42.3 Å². The highest BCUT2D eigenvalue weighted by atomic mass is 35.5. The van der Waals surface area contributed by atoms with E-state index in [1.807, 2.05) is 19.9 Å². The van der Waals surface area contributed by atoms with Gasteiger partial charge in [0.2, 0.25) is 5.78 Å². The zero-order valence-corrected chi connectivity index (χ0v) is 20.4. The number of halogens is 2. The van der Waals surface area contributed by atoms with Crippen LogP contribution in [0.25, 0.3) is 11.0 Å². The Bertz CT molecular complexity index is 1570. The predicted octanol–water partition coefficient (Wildman–Crippen LogP) is 6.63. The zero-order chi connectivity index (χ0) is 25.7. The predicted molar refractivity (Wildman–Crippen MR) is 134 cm³/mol. The van der Waals surface area contributed by atoms with E-state index in [0.29, 0.717) is 33.0 Å². The van der Waals surface area contributed by atoms with Crippen LogP contribution in [-0.4, -0.2) is 23.9 Å². The van der Waals surface area contributed by atoms with Crippen LogP contribution in [0, 0.1) is 19.7 Å². The van der Waals surface area contributed by atoms with Crippen molar-refractivity contribution in [3.8, 4) is 5.75 Å². The molecule has 36 heavy (non-hydrogen) atoms. The summed E-state index contributed by atoms with van der Waals surface area (Å²) in [4.78, 5) is 28.4. The maximum atomic E-state index is 13.8. The van der Waals surface area contributed by atoms with E-state index in [9.17, 15) is 19.1 Å². The van der Waals surface area contributed by atoms with Gasteiger partial charge in [-0.3, -0.25) is 14.5 Å². The number of ketones is 1. The van der Waals surface area contributed by atoms with Crippen molar-refractivity contribution in [3.63, 3.8) is 0 Å². The van der Waals surface area contributed by atoms with Crippen molar-refractivity contribution in [1.82, 2.24) is 0 Å². The summed E-state index contributed by atoms with van der Waals surface area (Å²) in [5.41, 5.74) is 3.02. The molecule has 1 atom stereocenters. The molecule has 1 aliphatic rings. The van der Waals surface area contributed by atoms with Crippen LogP contribution in [0.2, 0.25) is 5.02 Å². The monoisotopic (exact) mass is 505 g/mol. The van der Waals surface area contributed by atoms with Gasteiger partial charge in [-0.25, -0.2) is 4.39 Å². The number of rotatable bonds is 5. The lowest BCUT2D eigenvalue weighted by molar-refractivity contribution is -0.117. The topological polar surface area (TPSA) is 80.0 Å². The summed E-state index contributed by atoms with van der Waals surface area (Å²) < 4.78 is 24.9. The fraction of sp³-hybridized carbons (Fsp3) is 0.143. The number of fused-ring (bicyclic) bond motifs is 1. The molecule has 5 rings (SSSR count). The average molecular weight is 506 g/mol. The van der Waals surface area contributed by atoms with Crippen LogP contribution in [0.1, 0.15) is 33.3 Å². The summed E-state index contributed by atoms with van der Waals surface area (Å²) in [5.74, 6) is -2.36. The molecule has 1 amide bonds. The Morgan fingerprint density at radius 2 is 1.78 bits per heavy atom. The van der Waals surface area contributed by atoms with Gasteiger partial charge in [-0.2, -0.15) is 0 Å². The van der Waals surface area contributed by atoms with Gasteiger partial charge in [-0.15, -0.1) is 0 Å². The van der Waals surface area contributed by atoms with E-state index in [1.54, 1.807) is 24.3 Å². The third-order valence-corrected chi connectivity index (χ3v) is 6.62. The summed E-state index contributed by atoms with van der Waals surface area (Å²) in [6.07, 6.45) is 0. The van der Waals surface area contributed by atoms with Crippen LogP contribution in [0.5, 0.6) is 5.75 Å². The Balaban J connectivity index is 1.67. The summed E-state index contributed by atoms with van der Waals surface area (Å²) in [6, 6.07) is 14.5. The van der Waals surface area contributed by atoms with E-state index in [-0.39, 0.29) is 11.3 Å². The zero-order valence-electron chi connectivity index (χ0n) is 19.6. The van der Waals surface area contributed by atoms with Crippen LogP contribution in [0.15, 0.2) is 76.4 Å². The number of furan rings is 1. The molecule has 0 saturated heterocycles. The van der Waals surface area contributed by atoms with E-state index >= 15 is 0 Å². The van der Waals surface area contributed by atoms with Crippen molar-refractivity contribution in [2.45, 2.75) is 19.9 Å². The summed E-state index contributed by atoms with van der Waals surface area (Å²) in [7, 11) is 1.45. The van der Waals surface area contributed by atoms with Gasteiger partial charge in [0, 0.05) is 22.2 Å².